The number of nitrogens with one attached hydrogen (secondary N) is 1. The van der Waals surface area contributed by atoms with Crippen molar-refractivity contribution in [2.24, 2.45) is 0 Å². The van der Waals surface area contributed by atoms with E-state index in [1.165, 1.54) is 0 Å². The molecule has 0 unspecified atom stereocenters. The van der Waals surface area contributed by atoms with Crippen molar-refractivity contribution >= 4 is 10.0 Å². The standard InChI is InChI=1S/C15H21N3O2S/c1-12-5-6-13(2)15(11-12)21(19,20)17-8-4-10-18-14(3)7-9-16-18/h5-7,9,11,17H,4,8,10H2,1-3H3. The van der Waals surface area contributed by atoms with Crippen molar-refractivity contribution in [3.05, 3.63) is 47.3 Å². The number of hydrogen-bond donors (Lipinski definition) is 1. The van der Waals surface area contributed by atoms with Crippen LogP contribution in [0.4, 0.5) is 0 Å². The molecule has 0 fully saturated rings. The Hall–Kier alpha value is -1.66. The zero-order valence-corrected chi connectivity index (χ0v) is 13.4. The van der Waals surface area contributed by atoms with Crippen LogP contribution in [0.3, 0.4) is 0 Å². The van der Waals surface area contributed by atoms with E-state index < -0.39 is 10.0 Å². The van der Waals surface area contributed by atoms with Crippen LogP contribution in [-0.4, -0.2) is 24.7 Å². The number of benzene rings is 1. The fraction of sp³-hybridized carbons (Fsp3) is 0.400. The van der Waals surface area contributed by atoms with Crippen LogP contribution in [0.1, 0.15) is 23.2 Å². The molecule has 1 aromatic heterocycles. The number of aromatic nitrogens is 2. The molecule has 0 atom stereocenters. The van der Waals surface area contributed by atoms with E-state index in [-0.39, 0.29) is 0 Å². The molecule has 0 bridgehead atoms. The highest BCUT2D eigenvalue weighted by Gasteiger charge is 2.16. The normalized spacial score (nSPS) is 11.8. The molecule has 2 rings (SSSR count). The number of sulfonamides is 1. The van der Waals surface area contributed by atoms with Gasteiger partial charge in [0.2, 0.25) is 10.0 Å². The minimum absolute atomic E-state index is 0.359. The van der Waals surface area contributed by atoms with Crippen LogP contribution < -0.4 is 4.72 Å². The van der Waals surface area contributed by atoms with Crippen molar-refractivity contribution in [2.45, 2.75) is 38.6 Å². The summed E-state index contributed by atoms with van der Waals surface area (Å²) in [5.74, 6) is 0. The third kappa shape index (κ3) is 3.92. The molecule has 5 nitrogen and oxygen atoms in total. The molecule has 6 heteroatoms. The second-order valence-electron chi connectivity index (χ2n) is 5.22. The first kappa shape index (κ1) is 15.7. The summed E-state index contributed by atoms with van der Waals surface area (Å²) in [7, 11) is -3.44. The summed E-state index contributed by atoms with van der Waals surface area (Å²) < 4.78 is 29.1. The van der Waals surface area contributed by atoms with Crippen molar-refractivity contribution in [3.8, 4) is 0 Å². The van der Waals surface area contributed by atoms with E-state index in [2.05, 4.69) is 9.82 Å². The molecule has 21 heavy (non-hydrogen) atoms. The molecular weight excluding hydrogens is 286 g/mol. The lowest BCUT2D eigenvalue weighted by molar-refractivity contribution is 0.546. The minimum Gasteiger partial charge on any atom is -0.270 e. The maximum Gasteiger partial charge on any atom is 0.240 e. The summed E-state index contributed by atoms with van der Waals surface area (Å²) in [5, 5.41) is 4.17. The van der Waals surface area contributed by atoms with Crippen molar-refractivity contribution in [1.29, 1.82) is 0 Å². The lowest BCUT2D eigenvalue weighted by Gasteiger charge is -2.10. The van der Waals surface area contributed by atoms with E-state index in [0.717, 1.165) is 16.8 Å². The molecule has 0 aliphatic heterocycles. The molecule has 0 radical (unpaired) electrons. The van der Waals surface area contributed by atoms with E-state index in [1.54, 1.807) is 19.2 Å². The van der Waals surface area contributed by atoms with Gasteiger partial charge in [0, 0.05) is 25.0 Å². The topological polar surface area (TPSA) is 64.0 Å². The van der Waals surface area contributed by atoms with Gasteiger partial charge in [0.05, 0.1) is 4.90 Å². The zero-order chi connectivity index (χ0) is 15.5. The van der Waals surface area contributed by atoms with Gasteiger partial charge in [-0.1, -0.05) is 12.1 Å². The van der Waals surface area contributed by atoms with Gasteiger partial charge >= 0.3 is 0 Å². The number of nitrogens with zero attached hydrogens (tertiary/aromatic N) is 2. The first-order valence-corrected chi connectivity index (χ1v) is 8.44. The van der Waals surface area contributed by atoms with E-state index in [9.17, 15) is 8.42 Å². The molecule has 0 amide bonds. The van der Waals surface area contributed by atoms with Crippen LogP contribution in [0.2, 0.25) is 0 Å². The highest BCUT2D eigenvalue weighted by molar-refractivity contribution is 7.89. The Morgan fingerprint density at radius 2 is 1.95 bits per heavy atom. The Morgan fingerprint density at radius 3 is 2.62 bits per heavy atom. The summed E-state index contributed by atoms with van der Waals surface area (Å²) in [6.07, 6.45) is 2.45. The van der Waals surface area contributed by atoms with E-state index in [0.29, 0.717) is 24.4 Å². The van der Waals surface area contributed by atoms with Crippen LogP contribution in [0.15, 0.2) is 35.4 Å². The van der Waals surface area contributed by atoms with Crippen molar-refractivity contribution < 1.29 is 8.42 Å². The largest absolute Gasteiger partial charge is 0.270 e. The van der Waals surface area contributed by atoms with Gasteiger partial charge in [-0.3, -0.25) is 4.68 Å². The molecule has 2 aromatic rings. The fourth-order valence-corrected chi connectivity index (χ4v) is 3.54. The summed E-state index contributed by atoms with van der Waals surface area (Å²) >= 11 is 0. The van der Waals surface area contributed by atoms with E-state index in [4.69, 9.17) is 0 Å². The quantitative estimate of drug-likeness (QED) is 0.832. The van der Waals surface area contributed by atoms with Crippen LogP contribution in [-0.2, 0) is 16.6 Å². The average molecular weight is 307 g/mol. The smallest absolute Gasteiger partial charge is 0.240 e. The summed E-state index contributed by atoms with van der Waals surface area (Å²) in [6.45, 7) is 6.77. The molecule has 1 heterocycles. The molecule has 1 N–H and O–H groups in total. The van der Waals surface area contributed by atoms with E-state index >= 15 is 0 Å². The Labute approximate surface area is 126 Å². The molecule has 0 aliphatic carbocycles. The highest BCUT2D eigenvalue weighted by Crippen LogP contribution is 2.16. The van der Waals surface area contributed by atoms with Gasteiger partial charge in [0.1, 0.15) is 0 Å². The summed E-state index contributed by atoms with van der Waals surface area (Å²) in [5.41, 5.74) is 2.77. The van der Waals surface area contributed by atoms with Crippen molar-refractivity contribution in [2.75, 3.05) is 6.54 Å². The third-order valence-electron chi connectivity index (χ3n) is 3.40. The predicted octanol–water partition coefficient (Wildman–Crippen LogP) is 2.18. The lowest BCUT2D eigenvalue weighted by Crippen LogP contribution is -2.26. The van der Waals surface area contributed by atoms with Gasteiger partial charge in [-0.25, -0.2) is 13.1 Å². The molecule has 0 saturated carbocycles. The fourth-order valence-electron chi connectivity index (χ4n) is 2.14. The SMILES string of the molecule is Cc1ccc(C)c(S(=O)(=O)NCCCn2nccc2C)c1. The first-order chi connectivity index (χ1) is 9.90. The number of hydrogen-bond acceptors (Lipinski definition) is 3. The van der Waals surface area contributed by atoms with E-state index in [1.807, 2.05) is 36.7 Å². The van der Waals surface area contributed by atoms with Gasteiger partial charge in [-0.2, -0.15) is 5.10 Å². The summed E-state index contributed by atoms with van der Waals surface area (Å²) in [4.78, 5) is 0.359. The third-order valence-corrected chi connectivity index (χ3v) is 5.00. The van der Waals surface area contributed by atoms with Crippen LogP contribution in [0, 0.1) is 20.8 Å². The second-order valence-corrected chi connectivity index (χ2v) is 6.95. The highest BCUT2D eigenvalue weighted by atomic mass is 32.2. The molecule has 114 valence electrons. The maximum absolute atomic E-state index is 12.3. The van der Waals surface area contributed by atoms with Crippen LogP contribution in [0.25, 0.3) is 0 Å². The van der Waals surface area contributed by atoms with Gasteiger partial charge < -0.3 is 0 Å². The Kier molecular flexibility index (Phi) is 4.80. The van der Waals surface area contributed by atoms with Gasteiger partial charge in [-0.05, 0) is 50.5 Å². The maximum atomic E-state index is 12.3. The lowest BCUT2D eigenvalue weighted by atomic mass is 10.2. The molecule has 1 aromatic carbocycles. The van der Waals surface area contributed by atoms with Crippen molar-refractivity contribution in [1.82, 2.24) is 14.5 Å². The molecule has 0 spiro atoms. The van der Waals surface area contributed by atoms with Crippen LogP contribution in [0.5, 0.6) is 0 Å². The number of rotatable bonds is 6. The zero-order valence-electron chi connectivity index (χ0n) is 12.6. The molecular formula is C15H21N3O2S. The Balaban J connectivity index is 1.95. The average Bonchev–Trinajstić information content (AvgIpc) is 2.83. The monoisotopic (exact) mass is 307 g/mol. The van der Waals surface area contributed by atoms with Gasteiger partial charge in [-0.15, -0.1) is 0 Å². The summed E-state index contributed by atoms with van der Waals surface area (Å²) in [6, 6.07) is 7.38. The molecule has 0 aliphatic rings. The van der Waals surface area contributed by atoms with Crippen molar-refractivity contribution in [3.63, 3.8) is 0 Å². The predicted molar refractivity (Wildman–Crippen MR) is 82.7 cm³/mol. The Bertz CT molecular complexity index is 720. The first-order valence-electron chi connectivity index (χ1n) is 6.95. The van der Waals surface area contributed by atoms with Crippen LogP contribution >= 0.6 is 0 Å². The number of aryl methyl sites for hydroxylation is 4. The second kappa shape index (κ2) is 6.41. The van der Waals surface area contributed by atoms with Gasteiger partial charge in [0.15, 0.2) is 0 Å². The van der Waals surface area contributed by atoms with Gasteiger partial charge in [0.25, 0.3) is 0 Å². The Morgan fingerprint density at radius 1 is 1.19 bits per heavy atom. The molecule has 0 saturated heterocycles. The minimum atomic E-state index is -3.44.